The second-order valence-corrected chi connectivity index (χ2v) is 13.7. The van der Waals surface area contributed by atoms with Crippen molar-refractivity contribution >= 4 is 23.8 Å². The molecule has 0 radical (unpaired) electrons. The first kappa shape index (κ1) is 37.3. The number of hydrogen-bond donors (Lipinski definition) is 2. The Morgan fingerprint density at radius 3 is 2.56 bits per heavy atom. The van der Waals surface area contributed by atoms with Gasteiger partial charge in [-0.3, -0.25) is 19.3 Å². The van der Waals surface area contributed by atoms with Crippen LogP contribution >= 0.6 is 0 Å². The molecule has 7 rings (SSSR count). The number of aromatic nitrogens is 2. The van der Waals surface area contributed by atoms with Gasteiger partial charge in [-0.1, -0.05) is 30.3 Å². The Labute approximate surface area is 309 Å². The Morgan fingerprint density at radius 1 is 1.04 bits per heavy atom. The van der Waals surface area contributed by atoms with E-state index >= 15 is 8.78 Å². The summed E-state index contributed by atoms with van der Waals surface area (Å²) in [5.74, 6) is -3.20. The van der Waals surface area contributed by atoms with Crippen LogP contribution in [0.2, 0.25) is 0 Å². The fourth-order valence-corrected chi connectivity index (χ4v) is 7.67. The highest BCUT2D eigenvalue weighted by atomic mass is 19.1. The molecule has 2 N–H and O–H groups in total. The lowest BCUT2D eigenvalue weighted by atomic mass is 9.84. The van der Waals surface area contributed by atoms with Crippen LogP contribution in [0.25, 0.3) is 11.3 Å². The summed E-state index contributed by atoms with van der Waals surface area (Å²) in [6.07, 6.45) is 1.46. The normalized spacial score (nSPS) is 23.6. The molecule has 3 fully saturated rings. The molecule has 4 aliphatic rings. The number of rotatable bonds is 13. The number of imide groups is 1. The van der Waals surface area contributed by atoms with E-state index < -0.39 is 65.7 Å². The van der Waals surface area contributed by atoms with Gasteiger partial charge in [-0.05, 0) is 42.5 Å². The highest BCUT2D eigenvalue weighted by molar-refractivity contribution is 6.12. The molecule has 5 atom stereocenters. The van der Waals surface area contributed by atoms with Crippen LogP contribution in [-0.2, 0) is 35.1 Å². The van der Waals surface area contributed by atoms with Gasteiger partial charge in [0.05, 0.1) is 37.5 Å². The summed E-state index contributed by atoms with van der Waals surface area (Å²) in [6.45, 7) is 1.25. The molecule has 2 aromatic carbocycles. The molecule has 3 saturated heterocycles. The van der Waals surface area contributed by atoms with Crippen molar-refractivity contribution in [3.63, 3.8) is 0 Å². The van der Waals surface area contributed by atoms with Crippen LogP contribution in [-0.4, -0.2) is 114 Å². The maximum atomic E-state index is 15.6. The predicted octanol–water partition coefficient (Wildman–Crippen LogP) is 3.15. The van der Waals surface area contributed by atoms with Gasteiger partial charge in [-0.25, -0.2) is 22.9 Å². The van der Waals surface area contributed by atoms with E-state index in [0.29, 0.717) is 38.4 Å². The first-order chi connectivity index (χ1) is 26.2. The number of imidazole rings is 1. The minimum Gasteiger partial charge on any atom is -0.434 e. The molecule has 54 heavy (non-hydrogen) atoms. The molecular formula is C38H41F3N6O7. The van der Waals surface area contributed by atoms with Gasteiger partial charge in [-0.2, -0.15) is 0 Å². The average Bonchev–Trinajstić information content (AvgIpc) is 3.85. The summed E-state index contributed by atoms with van der Waals surface area (Å²) < 4.78 is 63.9. The summed E-state index contributed by atoms with van der Waals surface area (Å²) >= 11 is 0. The van der Waals surface area contributed by atoms with Gasteiger partial charge in [0.1, 0.15) is 23.6 Å². The van der Waals surface area contributed by atoms with E-state index in [-0.39, 0.29) is 56.6 Å². The maximum Gasteiger partial charge on any atom is 0.408 e. The molecule has 5 unspecified atom stereocenters. The molecule has 4 amide bonds. The largest absolute Gasteiger partial charge is 0.434 e. The number of carbonyl (C=O) groups excluding carboxylic acids is 4. The van der Waals surface area contributed by atoms with Crippen molar-refractivity contribution in [2.45, 2.75) is 43.7 Å². The molecule has 13 nitrogen and oxygen atoms in total. The third-order valence-electron chi connectivity index (χ3n) is 10.4. The monoisotopic (exact) mass is 750 g/mol. The maximum absolute atomic E-state index is 15.6. The fourth-order valence-electron chi connectivity index (χ4n) is 7.67. The Bertz CT molecular complexity index is 1870. The van der Waals surface area contributed by atoms with Crippen LogP contribution in [0.3, 0.4) is 0 Å². The molecule has 0 spiro atoms. The lowest BCUT2D eigenvalue weighted by Gasteiger charge is -2.45. The van der Waals surface area contributed by atoms with E-state index in [1.807, 2.05) is 34.9 Å². The Kier molecular flexibility index (Phi) is 11.4. The summed E-state index contributed by atoms with van der Waals surface area (Å²) in [6, 6.07) is 11.1. The van der Waals surface area contributed by atoms with E-state index in [1.54, 1.807) is 11.1 Å². The minimum atomic E-state index is -1.38. The van der Waals surface area contributed by atoms with Crippen LogP contribution in [0, 0.1) is 23.5 Å². The lowest BCUT2D eigenvalue weighted by Crippen LogP contribution is -2.62. The summed E-state index contributed by atoms with van der Waals surface area (Å²) in [5, 5.41) is 5.59. The average molecular weight is 751 g/mol. The van der Waals surface area contributed by atoms with Crippen LogP contribution in [0.5, 0.6) is 0 Å². The van der Waals surface area contributed by atoms with Gasteiger partial charge in [0.25, 0.3) is 17.7 Å². The van der Waals surface area contributed by atoms with Crippen LogP contribution in [0.15, 0.2) is 66.9 Å². The number of hydrogen-bond acceptors (Lipinski definition) is 9. The number of nitrogens with zero attached hydrogens (tertiary/aromatic N) is 4. The van der Waals surface area contributed by atoms with Crippen molar-refractivity contribution in [2.24, 2.45) is 11.8 Å². The van der Waals surface area contributed by atoms with Crippen molar-refractivity contribution in [1.29, 1.82) is 0 Å². The predicted molar refractivity (Wildman–Crippen MR) is 186 cm³/mol. The zero-order chi connectivity index (χ0) is 37.8. The number of nitrogens with one attached hydrogen (secondary N) is 2. The second-order valence-electron chi connectivity index (χ2n) is 13.7. The first-order valence-corrected chi connectivity index (χ1v) is 18.1. The zero-order valence-electron chi connectivity index (χ0n) is 29.4. The summed E-state index contributed by atoms with van der Waals surface area (Å²) in [5.41, 5.74) is 1.03. The first-order valence-electron chi connectivity index (χ1n) is 18.1. The third-order valence-corrected chi connectivity index (χ3v) is 10.4. The number of piperidine rings is 1. The molecule has 0 saturated carbocycles. The molecule has 3 aromatic rings. The summed E-state index contributed by atoms with van der Waals surface area (Å²) in [7, 11) is 0. The third kappa shape index (κ3) is 8.05. The van der Waals surface area contributed by atoms with Gasteiger partial charge < -0.3 is 34.3 Å². The van der Waals surface area contributed by atoms with E-state index in [2.05, 4.69) is 10.6 Å². The van der Waals surface area contributed by atoms with Crippen molar-refractivity contribution in [3.05, 3.63) is 89.9 Å². The number of ether oxygens (including phenoxy) is 3. The highest BCUT2D eigenvalue weighted by Crippen LogP contribution is 2.41. The number of alkyl carbamates (subject to hydrolysis) is 1. The quantitative estimate of drug-likeness (QED) is 0.199. The molecule has 0 bridgehead atoms. The topological polar surface area (TPSA) is 144 Å². The molecule has 5 heterocycles. The van der Waals surface area contributed by atoms with Crippen LogP contribution in [0.4, 0.5) is 18.0 Å². The highest BCUT2D eigenvalue weighted by Gasteiger charge is 2.54. The molecule has 286 valence electrons. The molecule has 0 aliphatic carbocycles. The standard InChI is InChI=1S/C38H41F3N6O7/c39-25-6-7-28(40)26(18-25)30-22-45(20-23-4-2-1-3-5-23)36(44-30)34(24-10-14-52-15-11-24)47-21-27-29(41)19-43-33(27)35(37(47)50)54-38(51)42-12-16-53-17-13-46-31(48)8-9-32(46)49/h1-9,18,22,24,27,29,33-35,43H,10-17,19-21H2,(H,42,51). The van der Waals surface area contributed by atoms with Gasteiger partial charge in [-0.15, -0.1) is 0 Å². The van der Waals surface area contributed by atoms with Crippen molar-refractivity contribution in [2.75, 3.05) is 52.6 Å². The van der Waals surface area contributed by atoms with Crippen LogP contribution in [0.1, 0.15) is 30.3 Å². The minimum absolute atomic E-state index is 0.00209. The Morgan fingerprint density at radius 2 is 1.80 bits per heavy atom. The van der Waals surface area contributed by atoms with Crippen molar-refractivity contribution in [3.8, 4) is 11.3 Å². The SMILES string of the molecule is O=C(NCCOCCN1C(=O)C=CC1=O)OC1C(=O)N(C(c2nc(-c3cc(F)ccc3F)cn2Cc2ccccc2)C2CCOCC2)CC2C(F)CNC12. The number of halogens is 3. The molecular weight excluding hydrogens is 709 g/mol. The van der Waals surface area contributed by atoms with Crippen molar-refractivity contribution in [1.82, 2.24) is 30.0 Å². The van der Waals surface area contributed by atoms with E-state index in [9.17, 15) is 23.6 Å². The number of alkyl halides is 1. The molecule has 16 heteroatoms. The van der Waals surface area contributed by atoms with Gasteiger partial charge in [0, 0.05) is 69.2 Å². The van der Waals surface area contributed by atoms with Gasteiger partial charge >= 0.3 is 6.09 Å². The number of amides is 4. The number of likely N-dealkylation sites (tertiary alicyclic amines) is 1. The summed E-state index contributed by atoms with van der Waals surface area (Å²) in [4.78, 5) is 58.6. The number of carbonyl (C=O) groups is 4. The van der Waals surface area contributed by atoms with Crippen molar-refractivity contribution < 1.29 is 46.6 Å². The fraction of sp³-hybridized carbons (Fsp3) is 0.447. The van der Waals surface area contributed by atoms with Gasteiger partial charge in [0.15, 0.2) is 6.10 Å². The van der Waals surface area contributed by atoms with Crippen LogP contribution < -0.4 is 10.6 Å². The molecule has 1 aromatic heterocycles. The zero-order valence-corrected chi connectivity index (χ0v) is 29.4. The number of fused-ring (bicyclic) bond motifs is 1. The van der Waals surface area contributed by atoms with E-state index in [1.165, 1.54) is 12.2 Å². The second kappa shape index (κ2) is 16.5. The van der Waals surface area contributed by atoms with E-state index in [0.717, 1.165) is 28.7 Å². The molecule has 4 aliphatic heterocycles. The Balaban J connectivity index is 1.14. The lowest BCUT2D eigenvalue weighted by molar-refractivity contribution is -0.155. The smallest absolute Gasteiger partial charge is 0.408 e. The van der Waals surface area contributed by atoms with Gasteiger partial charge in [0.2, 0.25) is 0 Å². The Hall–Kier alpha value is -5.06. The van der Waals surface area contributed by atoms with E-state index in [4.69, 9.17) is 19.2 Å². The number of benzene rings is 2.